The molecule has 0 fully saturated rings. The molecule has 1 rings (SSSR count). The molecule has 0 saturated heterocycles. The van der Waals surface area contributed by atoms with Gasteiger partial charge in [-0.25, -0.2) is 4.79 Å². The molecule has 0 aliphatic heterocycles. The van der Waals surface area contributed by atoms with Crippen LogP contribution in [0.3, 0.4) is 0 Å². The Kier molecular flexibility index (Phi) is 5.42. The fraction of sp³-hybridized carbons (Fsp3) is 0.357. The first kappa shape index (κ1) is 15.6. The van der Waals surface area contributed by atoms with Gasteiger partial charge in [0, 0.05) is 4.47 Å². The molecule has 0 heterocycles. The number of hydrogen-bond donors (Lipinski definition) is 0. The lowest BCUT2D eigenvalue weighted by Gasteiger charge is -2.13. The number of ketones is 2. The topological polar surface area (TPSA) is 60.4 Å². The van der Waals surface area contributed by atoms with Crippen LogP contribution in [0.15, 0.2) is 22.7 Å². The Balaban J connectivity index is 3.17. The van der Waals surface area contributed by atoms with Crippen molar-refractivity contribution in [2.75, 3.05) is 7.11 Å². The maximum Gasteiger partial charge on any atom is 0.338 e. The molecule has 0 spiro atoms. The molecular formula is C14H15BrO4. The van der Waals surface area contributed by atoms with Crippen LogP contribution in [0.25, 0.3) is 0 Å². The van der Waals surface area contributed by atoms with E-state index >= 15 is 0 Å². The molecule has 0 radical (unpaired) electrons. The summed E-state index contributed by atoms with van der Waals surface area (Å²) in [5.74, 6) is -1.61. The fourth-order valence-corrected chi connectivity index (χ4v) is 2.24. The lowest BCUT2D eigenvalue weighted by atomic mass is 9.90. The van der Waals surface area contributed by atoms with Crippen molar-refractivity contribution in [1.29, 1.82) is 0 Å². The van der Waals surface area contributed by atoms with Gasteiger partial charge in [0.2, 0.25) is 0 Å². The first-order valence-electron chi connectivity index (χ1n) is 5.74. The fourth-order valence-electron chi connectivity index (χ4n) is 1.83. The van der Waals surface area contributed by atoms with Crippen molar-refractivity contribution in [3.8, 4) is 0 Å². The second-order valence-electron chi connectivity index (χ2n) is 4.27. The molecule has 0 aromatic heterocycles. The van der Waals surface area contributed by atoms with E-state index in [0.717, 1.165) is 4.47 Å². The highest BCUT2D eigenvalue weighted by Crippen LogP contribution is 2.21. The summed E-state index contributed by atoms with van der Waals surface area (Å²) >= 11 is 3.31. The van der Waals surface area contributed by atoms with Crippen molar-refractivity contribution in [2.24, 2.45) is 5.92 Å². The van der Waals surface area contributed by atoms with E-state index in [4.69, 9.17) is 4.74 Å². The highest BCUT2D eigenvalue weighted by Gasteiger charge is 2.23. The Bertz CT molecular complexity index is 508. The molecule has 0 bridgehead atoms. The van der Waals surface area contributed by atoms with Gasteiger partial charge in [0.25, 0.3) is 0 Å². The molecule has 4 nitrogen and oxygen atoms in total. The second-order valence-corrected chi connectivity index (χ2v) is 5.19. The number of methoxy groups -OCH3 is 1. The zero-order valence-electron chi connectivity index (χ0n) is 11.0. The predicted molar refractivity (Wildman–Crippen MR) is 74.0 cm³/mol. The van der Waals surface area contributed by atoms with Crippen molar-refractivity contribution < 1.29 is 19.1 Å². The van der Waals surface area contributed by atoms with Crippen LogP contribution in [0.2, 0.25) is 0 Å². The third kappa shape index (κ3) is 3.99. The average Bonchev–Trinajstić information content (AvgIpc) is 2.34. The standard InChI is InChI=1S/C14H15BrO4/c1-8(16)13(9(2)17)7-10-6-11(15)4-5-12(10)14(18)19-3/h4-6,13H,7H2,1-3H3. The van der Waals surface area contributed by atoms with Gasteiger partial charge < -0.3 is 4.74 Å². The van der Waals surface area contributed by atoms with Crippen molar-refractivity contribution in [2.45, 2.75) is 20.3 Å². The van der Waals surface area contributed by atoms with Crippen LogP contribution in [-0.2, 0) is 20.7 Å². The van der Waals surface area contributed by atoms with Crippen LogP contribution >= 0.6 is 15.9 Å². The summed E-state index contributed by atoms with van der Waals surface area (Å²) in [5, 5.41) is 0. The Morgan fingerprint density at radius 3 is 2.26 bits per heavy atom. The molecule has 0 aliphatic carbocycles. The van der Waals surface area contributed by atoms with Crippen molar-refractivity contribution in [1.82, 2.24) is 0 Å². The number of ether oxygens (including phenoxy) is 1. The van der Waals surface area contributed by atoms with Gasteiger partial charge in [-0.05, 0) is 44.0 Å². The number of rotatable bonds is 5. The maximum atomic E-state index is 11.7. The molecule has 102 valence electrons. The quantitative estimate of drug-likeness (QED) is 0.616. The third-order valence-corrected chi connectivity index (χ3v) is 3.37. The number of carbonyl (C=O) groups excluding carboxylic acids is 3. The minimum atomic E-state index is -0.724. The Hall–Kier alpha value is -1.49. The minimum absolute atomic E-state index is 0.203. The first-order chi connectivity index (χ1) is 8.86. The van der Waals surface area contributed by atoms with E-state index in [1.165, 1.54) is 21.0 Å². The average molecular weight is 327 g/mol. The zero-order valence-corrected chi connectivity index (χ0v) is 12.6. The summed E-state index contributed by atoms with van der Waals surface area (Å²) in [6.45, 7) is 2.75. The van der Waals surface area contributed by atoms with Gasteiger partial charge in [0.1, 0.15) is 11.6 Å². The van der Waals surface area contributed by atoms with Crippen molar-refractivity contribution in [3.63, 3.8) is 0 Å². The third-order valence-electron chi connectivity index (χ3n) is 2.88. The summed E-state index contributed by atoms with van der Waals surface area (Å²) in [5.41, 5.74) is 0.995. The van der Waals surface area contributed by atoms with Gasteiger partial charge >= 0.3 is 5.97 Å². The van der Waals surface area contributed by atoms with Crippen molar-refractivity contribution in [3.05, 3.63) is 33.8 Å². The van der Waals surface area contributed by atoms with Crippen LogP contribution in [0.4, 0.5) is 0 Å². The molecule has 19 heavy (non-hydrogen) atoms. The Labute approximate surface area is 120 Å². The van der Waals surface area contributed by atoms with E-state index in [-0.39, 0.29) is 18.0 Å². The van der Waals surface area contributed by atoms with Gasteiger partial charge in [-0.2, -0.15) is 0 Å². The van der Waals surface area contributed by atoms with Crippen LogP contribution in [0.1, 0.15) is 29.8 Å². The molecule has 0 amide bonds. The molecule has 0 aliphatic rings. The number of esters is 1. The number of halogens is 1. The number of Topliss-reactive ketones (excluding diaryl/α,β-unsaturated/α-hetero) is 2. The summed E-state index contributed by atoms with van der Waals surface area (Å²) in [4.78, 5) is 34.6. The molecule has 0 N–H and O–H groups in total. The zero-order chi connectivity index (χ0) is 14.6. The van der Waals surface area contributed by atoms with E-state index in [1.807, 2.05) is 0 Å². The number of hydrogen-bond acceptors (Lipinski definition) is 4. The molecule has 1 aromatic rings. The van der Waals surface area contributed by atoms with Gasteiger partial charge in [-0.15, -0.1) is 0 Å². The number of benzene rings is 1. The van der Waals surface area contributed by atoms with Gasteiger partial charge in [0.15, 0.2) is 0 Å². The molecule has 1 aromatic carbocycles. The summed E-state index contributed by atoms with van der Waals surface area (Å²) in [6, 6.07) is 5.06. The SMILES string of the molecule is COC(=O)c1ccc(Br)cc1CC(C(C)=O)C(C)=O. The van der Waals surface area contributed by atoms with Gasteiger partial charge in [-0.3, -0.25) is 9.59 Å². The van der Waals surface area contributed by atoms with Crippen LogP contribution in [0.5, 0.6) is 0 Å². The molecule has 0 unspecified atom stereocenters. The first-order valence-corrected chi connectivity index (χ1v) is 6.53. The van der Waals surface area contributed by atoms with E-state index in [2.05, 4.69) is 15.9 Å². The normalized spacial score (nSPS) is 10.4. The minimum Gasteiger partial charge on any atom is -0.465 e. The predicted octanol–water partition coefficient (Wildman–Crippen LogP) is 2.57. The van der Waals surface area contributed by atoms with Crippen LogP contribution in [-0.4, -0.2) is 24.6 Å². The van der Waals surface area contributed by atoms with Gasteiger partial charge in [0.05, 0.1) is 18.6 Å². The Morgan fingerprint density at radius 1 is 1.21 bits per heavy atom. The maximum absolute atomic E-state index is 11.7. The summed E-state index contributed by atoms with van der Waals surface area (Å²) < 4.78 is 5.47. The largest absolute Gasteiger partial charge is 0.465 e. The lowest BCUT2D eigenvalue weighted by Crippen LogP contribution is -2.23. The van der Waals surface area contributed by atoms with E-state index in [0.29, 0.717) is 11.1 Å². The molecule has 0 atom stereocenters. The highest BCUT2D eigenvalue weighted by atomic mass is 79.9. The number of carbonyl (C=O) groups is 3. The van der Waals surface area contributed by atoms with E-state index in [1.54, 1.807) is 18.2 Å². The van der Waals surface area contributed by atoms with Crippen LogP contribution in [0, 0.1) is 5.92 Å². The van der Waals surface area contributed by atoms with Crippen molar-refractivity contribution >= 4 is 33.5 Å². The molecule has 5 heteroatoms. The van der Waals surface area contributed by atoms with E-state index in [9.17, 15) is 14.4 Å². The highest BCUT2D eigenvalue weighted by molar-refractivity contribution is 9.10. The monoisotopic (exact) mass is 326 g/mol. The Morgan fingerprint density at radius 2 is 1.79 bits per heavy atom. The lowest BCUT2D eigenvalue weighted by molar-refractivity contribution is -0.130. The molecular weight excluding hydrogens is 312 g/mol. The summed E-state index contributed by atoms with van der Waals surface area (Å²) in [7, 11) is 1.29. The smallest absolute Gasteiger partial charge is 0.338 e. The second kappa shape index (κ2) is 6.61. The van der Waals surface area contributed by atoms with E-state index < -0.39 is 11.9 Å². The van der Waals surface area contributed by atoms with Gasteiger partial charge in [-0.1, -0.05) is 15.9 Å². The van der Waals surface area contributed by atoms with Crippen LogP contribution < -0.4 is 0 Å². The summed E-state index contributed by atoms with van der Waals surface area (Å²) in [6.07, 6.45) is 0.203. The molecule has 0 saturated carbocycles.